The molecule has 2 amide bonds. The molecule has 1 aliphatic heterocycles. The minimum Gasteiger partial charge on any atom is -0.481 e. The molecule has 2 fully saturated rings. The third-order valence-electron chi connectivity index (χ3n) is 4.13. The number of rotatable bonds is 5. The number of hydrogen-bond acceptors (Lipinski definition) is 4. The predicted molar refractivity (Wildman–Crippen MR) is 73.7 cm³/mol. The zero-order valence-corrected chi connectivity index (χ0v) is 12.2. The first-order valence-corrected chi connectivity index (χ1v) is 7.39. The number of likely N-dealkylation sites (tertiary alicyclic amines) is 1. The fraction of sp³-hybridized carbons (Fsp3) is 0.786. The van der Waals surface area contributed by atoms with E-state index in [1.165, 1.54) is 12.0 Å². The molecule has 2 N–H and O–H groups in total. The highest BCUT2D eigenvalue weighted by molar-refractivity contribution is 5.84. The maximum absolute atomic E-state index is 12.4. The van der Waals surface area contributed by atoms with Gasteiger partial charge in [0.15, 0.2) is 0 Å². The minimum atomic E-state index is -0.921. The predicted octanol–water partition coefficient (Wildman–Crippen LogP) is 0.977. The van der Waals surface area contributed by atoms with E-state index >= 15 is 0 Å². The Balaban J connectivity index is 1.98. The molecule has 0 aromatic rings. The zero-order valence-electron chi connectivity index (χ0n) is 12.2. The van der Waals surface area contributed by atoms with Crippen LogP contribution in [0.1, 0.15) is 38.5 Å². The van der Waals surface area contributed by atoms with Crippen LogP contribution in [0.5, 0.6) is 0 Å². The summed E-state index contributed by atoms with van der Waals surface area (Å²) in [7, 11) is 1.31. The number of ether oxygens (including phenoxy) is 1. The van der Waals surface area contributed by atoms with Gasteiger partial charge in [-0.05, 0) is 38.0 Å². The van der Waals surface area contributed by atoms with E-state index in [0.29, 0.717) is 13.0 Å². The number of methoxy groups -OCH3 is 1. The number of carboxylic acid groups (broad SMARTS) is 1. The molecule has 7 heteroatoms. The Labute approximate surface area is 123 Å². The number of aliphatic carboxylic acids is 1. The van der Waals surface area contributed by atoms with Crippen molar-refractivity contribution in [2.75, 3.05) is 13.7 Å². The van der Waals surface area contributed by atoms with Gasteiger partial charge in [0.1, 0.15) is 6.04 Å². The lowest BCUT2D eigenvalue weighted by Gasteiger charge is -2.34. The molecule has 0 spiro atoms. The van der Waals surface area contributed by atoms with Crippen LogP contribution in [-0.4, -0.2) is 53.7 Å². The Morgan fingerprint density at radius 1 is 1.29 bits per heavy atom. The van der Waals surface area contributed by atoms with Crippen molar-refractivity contribution < 1.29 is 24.2 Å². The van der Waals surface area contributed by atoms with E-state index in [9.17, 15) is 14.4 Å². The maximum atomic E-state index is 12.4. The molecule has 2 atom stereocenters. The largest absolute Gasteiger partial charge is 0.481 e. The van der Waals surface area contributed by atoms with Crippen LogP contribution in [0.15, 0.2) is 0 Å². The number of esters is 1. The third-order valence-corrected chi connectivity index (χ3v) is 4.13. The van der Waals surface area contributed by atoms with Crippen molar-refractivity contribution in [3.63, 3.8) is 0 Å². The van der Waals surface area contributed by atoms with Crippen molar-refractivity contribution in [1.82, 2.24) is 10.2 Å². The molecule has 0 aromatic carbocycles. The van der Waals surface area contributed by atoms with Gasteiger partial charge >= 0.3 is 18.0 Å². The summed E-state index contributed by atoms with van der Waals surface area (Å²) in [6, 6.07) is -1.27. The van der Waals surface area contributed by atoms with Gasteiger partial charge in [-0.15, -0.1) is 0 Å². The van der Waals surface area contributed by atoms with E-state index in [0.717, 1.165) is 25.7 Å². The Morgan fingerprint density at radius 3 is 2.57 bits per heavy atom. The highest BCUT2D eigenvalue weighted by Gasteiger charge is 2.37. The van der Waals surface area contributed by atoms with Crippen LogP contribution in [0.3, 0.4) is 0 Å². The summed E-state index contributed by atoms with van der Waals surface area (Å²) < 4.78 is 4.74. The van der Waals surface area contributed by atoms with Crippen LogP contribution in [-0.2, 0) is 14.3 Å². The number of amides is 2. The van der Waals surface area contributed by atoms with Gasteiger partial charge in [-0.3, -0.25) is 4.79 Å². The van der Waals surface area contributed by atoms with Gasteiger partial charge in [0.05, 0.1) is 13.5 Å². The monoisotopic (exact) mass is 298 g/mol. The fourth-order valence-electron chi connectivity index (χ4n) is 2.82. The normalized spacial score (nSPS) is 23.3. The number of hydrogen-bond donors (Lipinski definition) is 2. The van der Waals surface area contributed by atoms with Crippen LogP contribution >= 0.6 is 0 Å². The molecule has 2 aliphatic rings. The van der Waals surface area contributed by atoms with Crippen molar-refractivity contribution >= 4 is 18.0 Å². The van der Waals surface area contributed by atoms with Gasteiger partial charge in [-0.1, -0.05) is 0 Å². The van der Waals surface area contributed by atoms with Gasteiger partial charge in [0.2, 0.25) is 0 Å². The molecule has 0 radical (unpaired) electrons. The summed E-state index contributed by atoms with van der Waals surface area (Å²) >= 11 is 0. The molecule has 118 valence electrons. The first-order chi connectivity index (χ1) is 10.0. The quantitative estimate of drug-likeness (QED) is 0.737. The van der Waals surface area contributed by atoms with E-state index in [2.05, 4.69) is 5.32 Å². The molecular weight excluding hydrogens is 276 g/mol. The number of nitrogens with one attached hydrogen (secondary N) is 1. The summed E-state index contributed by atoms with van der Waals surface area (Å²) in [5.74, 6) is -1.09. The van der Waals surface area contributed by atoms with E-state index in [1.54, 1.807) is 0 Å². The average molecular weight is 298 g/mol. The van der Waals surface area contributed by atoms with Crippen LogP contribution in [0.25, 0.3) is 0 Å². The number of carbonyl (C=O) groups excluding carboxylic acids is 2. The summed E-state index contributed by atoms with van der Waals surface area (Å²) in [5.41, 5.74) is 0. The lowest BCUT2D eigenvalue weighted by atomic mass is 10.0. The van der Waals surface area contributed by atoms with Crippen LogP contribution in [0.2, 0.25) is 0 Å². The lowest BCUT2D eigenvalue weighted by molar-refractivity contribution is -0.147. The molecule has 1 saturated heterocycles. The third kappa shape index (κ3) is 4.09. The molecular formula is C14H22N2O5. The molecule has 21 heavy (non-hydrogen) atoms. The first-order valence-electron chi connectivity index (χ1n) is 7.39. The van der Waals surface area contributed by atoms with E-state index in [-0.39, 0.29) is 24.4 Å². The van der Waals surface area contributed by atoms with Crippen molar-refractivity contribution in [3.8, 4) is 0 Å². The molecule has 1 aliphatic carbocycles. The highest BCUT2D eigenvalue weighted by atomic mass is 16.5. The minimum absolute atomic E-state index is 0.0763. The van der Waals surface area contributed by atoms with Crippen LogP contribution < -0.4 is 5.32 Å². The van der Waals surface area contributed by atoms with Crippen molar-refractivity contribution in [2.24, 2.45) is 5.92 Å². The van der Waals surface area contributed by atoms with E-state index in [4.69, 9.17) is 9.84 Å². The second kappa shape index (κ2) is 6.78. The number of carboxylic acids is 1. The smallest absolute Gasteiger partial charge is 0.328 e. The van der Waals surface area contributed by atoms with Gasteiger partial charge in [0, 0.05) is 12.6 Å². The molecule has 1 saturated carbocycles. The van der Waals surface area contributed by atoms with Crippen LogP contribution in [0, 0.1) is 5.92 Å². The maximum Gasteiger partial charge on any atom is 0.328 e. The average Bonchev–Trinajstić information content (AvgIpc) is 3.29. The Kier molecular flexibility index (Phi) is 5.03. The second-order valence-corrected chi connectivity index (χ2v) is 5.72. The lowest BCUT2D eigenvalue weighted by Crippen LogP contribution is -2.54. The van der Waals surface area contributed by atoms with Gasteiger partial charge in [0.25, 0.3) is 0 Å². The zero-order chi connectivity index (χ0) is 15.4. The SMILES string of the molecule is COC(=O)C1CCCCN1C(=O)NC(CC(=O)O)C1CC1. The first kappa shape index (κ1) is 15.6. The van der Waals surface area contributed by atoms with Gasteiger partial charge < -0.3 is 20.1 Å². The summed E-state index contributed by atoms with van der Waals surface area (Å²) in [4.78, 5) is 36.5. The molecule has 2 unspecified atom stereocenters. The Hall–Kier alpha value is -1.79. The van der Waals surface area contributed by atoms with Crippen molar-refractivity contribution in [1.29, 1.82) is 0 Å². The van der Waals surface area contributed by atoms with Crippen LogP contribution in [0.4, 0.5) is 4.79 Å². The van der Waals surface area contributed by atoms with Gasteiger partial charge in [-0.2, -0.15) is 0 Å². The number of carbonyl (C=O) groups is 3. The van der Waals surface area contributed by atoms with E-state index in [1.807, 2.05) is 0 Å². The number of nitrogens with zero attached hydrogens (tertiary/aromatic N) is 1. The molecule has 7 nitrogen and oxygen atoms in total. The Morgan fingerprint density at radius 2 is 2.00 bits per heavy atom. The Bertz CT molecular complexity index is 422. The van der Waals surface area contributed by atoms with E-state index < -0.39 is 18.0 Å². The second-order valence-electron chi connectivity index (χ2n) is 5.72. The highest BCUT2D eigenvalue weighted by Crippen LogP contribution is 2.34. The summed E-state index contributed by atoms with van der Waals surface area (Å²) in [6.07, 6.45) is 4.12. The van der Waals surface area contributed by atoms with Gasteiger partial charge in [-0.25, -0.2) is 9.59 Å². The topological polar surface area (TPSA) is 95.9 Å². The molecule has 1 heterocycles. The molecule has 0 bridgehead atoms. The standard InChI is InChI=1S/C14H22N2O5/c1-21-13(19)11-4-2-3-7-16(11)14(20)15-10(8-12(17)18)9-5-6-9/h9-11H,2-8H2,1H3,(H,15,20)(H,17,18). The molecule has 2 rings (SSSR count). The number of piperidine rings is 1. The summed E-state index contributed by atoms with van der Waals surface area (Å²) in [6.45, 7) is 0.496. The fourth-order valence-corrected chi connectivity index (χ4v) is 2.82. The molecule has 0 aromatic heterocycles. The van der Waals surface area contributed by atoms with Crippen molar-refractivity contribution in [2.45, 2.75) is 50.6 Å². The summed E-state index contributed by atoms with van der Waals surface area (Å²) in [5, 5.41) is 11.7. The van der Waals surface area contributed by atoms with Crippen molar-refractivity contribution in [3.05, 3.63) is 0 Å². The number of urea groups is 1.